The fourth-order valence-electron chi connectivity index (χ4n) is 5.67. The van der Waals surface area contributed by atoms with Crippen LogP contribution in [-0.4, -0.2) is 60.3 Å². The van der Waals surface area contributed by atoms with E-state index in [1.54, 1.807) is 0 Å². The molecule has 0 aromatic carbocycles. The first kappa shape index (κ1) is 12.6. The fraction of sp³-hybridized carbons (Fsp3) is 1.00. The van der Waals surface area contributed by atoms with E-state index in [4.69, 9.17) is 0 Å². The Kier molecular flexibility index (Phi) is 2.95. The molecule has 1 heterocycles. The van der Waals surface area contributed by atoms with Crippen LogP contribution >= 0.6 is 0 Å². The molecule has 0 spiro atoms. The Morgan fingerprint density at radius 2 is 1.84 bits per heavy atom. The van der Waals surface area contributed by atoms with Gasteiger partial charge in [-0.05, 0) is 62.8 Å². The van der Waals surface area contributed by atoms with Gasteiger partial charge in [-0.3, -0.25) is 4.90 Å². The van der Waals surface area contributed by atoms with Crippen molar-refractivity contribution in [1.29, 1.82) is 0 Å². The van der Waals surface area contributed by atoms with Gasteiger partial charge < -0.3 is 10.0 Å². The van der Waals surface area contributed by atoms with Crippen LogP contribution in [0.3, 0.4) is 0 Å². The Hall–Kier alpha value is -0.120. The second kappa shape index (κ2) is 4.44. The lowest BCUT2D eigenvalue weighted by atomic mass is 9.61. The molecule has 1 saturated heterocycles. The maximum atomic E-state index is 11.4. The zero-order valence-electron chi connectivity index (χ0n) is 12.2. The molecule has 0 unspecified atom stereocenters. The molecule has 1 aliphatic heterocycles. The second-order valence-electron chi connectivity index (χ2n) is 7.78. The molecule has 4 aliphatic rings. The molecule has 0 aromatic heterocycles. The minimum atomic E-state index is -0.341. The highest BCUT2D eigenvalue weighted by Crippen LogP contribution is 2.59. The molecule has 4 fully saturated rings. The number of likely N-dealkylation sites (N-methyl/N-ethyl adjacent to an activating group) is 1. The minimum absolute atomic E-state index is 0.341. The third-order valence-electron chi connectivity index (χ3n) is 6.72. The maximum Gasteiger partial charge on any atom is 0.0832 e. The Morgan fingerprint density at radius 1 is 1.05 bits per heavy atom. The van der Waals surface area contributed by atoms with Crippen LogP contribution in [-0.2, 0) is 0 Å². The lowest BCUT2D eigenvalue weighted by Crippen LogP contribution is -2.60. The molecule has 19 heavy (non-hydrogen) atoms. The lowest BCUT2D eigenvalue weighted by molar-refractivity contribution is -0.141. The van der Waals surface area contributed by atoms with Gasteiger partial charge >= 0.3 is 0 Å². The van der Waals surface area contributed by atoms with E-state index in [9.17, 15) is 5.11 Å². The molecule has 1 N–H and O–H groups in total. The fourth-order valence-corrected chi connectivity index (χ4v) is 5.67. The average molecular weight is 264 g/mol. The lowest BCUT2D eigenvalue weighted by Gasteiger charge is -2.52. The van der Waals surface area contributed by atoms with Crippen LogP contribution in [0.1, 0.15) is 32.1 Å². The quantitative estimate of drug-likeness (QED) is 0.817. The number of β-amino-alcohol motifs (C(OH)–C–C–N with tert-alkyl or cyclic N) is 1. The first-order valence-corrected chi connectivity index (χ1v) is 8.28. The Bertz CT molecular complexity index is 353. The maximum absolute atomic E-state index is 11.4. The summed E-state index contributed by atoms with van der Waals surface area (Å²) in [5, 5.41) is 11.4. The summed E-state index contributed by atoms with van der Waals surface area (Å²) >= 11 is 0. The highest BCUT2D eigenvalue weighted by Gasteiger charge is 2.58. The molecule has 3 aliphatic carbocycles. The molecular weight excluding hydrogens is 236 g/mol. The summed E-state index contributed by atoms with van der Waals surface area (Å²) in [7, 11) is 2.20. The Labute approximate surface area is 117 Å². The van der Waals surface area contributed by atoms with Gasteiger partial charge in [-0.1, -0.05) is 0 Å². The van der Waals surface area contributed by atoms with Crippen LogP contribution in [0.25, 0.3) is 0 Å². The van der Waals surface area contributed by atoms with Crippen LogP contribution in [0.5, 0.6) is 0 Å². The third-order valence-corrected chi connectivity index (χ3v) is 6.72. The zero-order valence-corrected chi connectivity index (χ0v) is 12.2. The standard InChI is InChI=1S/C16H28N2O/c1-17-4-6-18(7-5-17)11-16(19)14-3-2-13-8-12(9-14)10-15(13)16/h12-15,19H,2-11H2,1H3/t12-,13-,14-,15+,16-/m0/s1. The molecule has 3 heteroatoms. The number of hydrogen-bond acceptors (Lipinski definition) is 3. The van der Waals surface area contributed by atoms with E-state index < -0.39 is 0 Å². The number of fused-ring (bicyclic) bond motifs is 2. The summed E-state index contributed by atoms with van der Waals surface area (Å²) in [6.07, 6.45) is 6.76. The van der Waals surface area contributed by atoms with Gasteiger partial charge in [-0.2, -0.15) is 0 Å². The average Bonchev–Trinajstić information content (AvgIpc) is 2.62. The van der Waals surface area contributed by atoms with Gasteiger partial charge in [-0.25, -0.2) is 0 Å². The molecule has 0 aromatic rings. The number of hydrogen-bond donors (Lipinski definition) is 1. The number of piperazine rings is 1. The van der Waals surface area contributed by atoms with Gasteiger partial charge in [0, 0.05) is 32.7 Å². The molecule has 0 radical (unpaired) electrons. The second-order valence-corrected chi connectivity index (χ2v) is 7.78. The number of nitrogens with zero attached hydrogens (tertiary/aromatic N) is 2. The number of aliphatic hydroxyl groups is 1. The first-order chi connectivity index (χ1) is 9.15. The highest BCUT2D eigenvalue weighted by atomic mass is 16.3. The van der Waals surface area contributed by atoms with Crippen molar-refractivity contribution in [3.8, 4) is 0 Å². The summed E-state index contributed by atoms with van der Waals surface area (Å²) in [5.41, 5.74) is -0.341. The Balaban J connectivity index is 1.50. The summed E-state index contributed by atoms with van der Waals surface area (Å²) in [6.45, 7) is 5.58. The van der Waals surface area contributed by atoms with Crippen molar-refractivity contribution in [2.24, 2.45) is 23.7 Å². The molecular formula is C16H28N2O. The van der Waals surface area contributed by atoms with Crippen molar-refractivity contribution in [3.63, 3.8) is 0 Å². The topological polar surface area (TPSA) is 26.7 Å². The van der Waals surface area contributed by atoms with Gasteiger partial charge in [-0.15, -0.1) is 0 Å². The summed E-state index contributed by atoms with van der Waals surface area (Å²) < 4.78 is 0. The van der Waals surface area contributed by atoms with E-state index in [1.807, 2.05) is 0 Å². The SMILES string of the molecule is CN1CCN(C[C@]2(O)[C@H]3CC[C@H]4C[C@@H](C3)C[C@H]42)CC1. The predicted molar refractivity (Wildman–Crippen MR) is 75.9 cm³/mol. The van der Waals surface area contributed by atoms with Crippen LogP contribution in [0.2, 0.25) is 0 Å². The smallest absolute Gasteiger partial charge is 0.0832 e. The summed E-state index contributed by atoms with van der Waals surface area (Å²) in [4.78, 5) is 4.94. The van der Waals surface area contributed by atoms with Crippen LogP contribution in [0.4, 0.5) is 0 Å². The van der Waals surface area contributed by atoms with Crippen LogP contribution in [0, 0.1) is 23.7 Å². The van der Waals surface area contributed by atoms with Gasteiger partial charge in [0.2, 0.25) is 0 Å². The van der Waals surface area contributed by atoms with E-state index in [-0.39, 0.29) is 5.60 Å². The monoisotopic (exact) mass is 264 g/mol. The third kappa shape index (κ3) is 1.97. The zero-order chi connectivity index (χ0) is 13.0. The summed E-state index contributed by atoms with van der Waals surface area (Å²) in [6, 6.07) is 0. The minimum Gasteiger partial charge on any atom is -0.388 e. The molecule has 5 atom stereocenters. The van der Waals surface area contributed by atoms with Gasteiger partial charge in [0.05, 0.1) is 5.60 Å². The van der Waals surface area contributed by atoms with Crippen molar-refractivity contribution in [2.45, 2.75) is 37.7 Å². The molecule has 3 bridgehead atoms. The van der Waals surface area contributed by atoms with Gasteiger partial charge in [0.15, 0.2) is 0 Å². The van der Waals surface area contributed by atoms with Crippen LogP contribution in [0.15, 0.2) is 0 Å². The largest absolute Gasteiger partial charge is 0.388 e. The van der Waals surface area contributed by atoms with Gasteiger partial charge in [0.1, 0.15) is 0 Å². The van der Waals surface area contributed by atoms with Crippen molar-refractivity contribution in [1.82, 2.24) is 9.80 Å². The predicted octanol–water partition coefficient (Wildman–Crippen LogP) is 1.42. The highest BCUT2D eigenvalue weighted by molar-refractivity contribution is 5.09. The van der Waals surface area contributed by atoms with Crippen molar-refractivity contribution < 1.29 is 5.11 Å². The van der Waals surface area contributed by atoms with Crippen molar-refractivity contribution >= 4 is 0 Å². The van der Waals surface area contributed by atoms with E-state index >= 15 is 0 Å². The molecule has 3 nitrogen and oxygen atoms in total. The van der Waals surface area contributed by atoms with Crippen molar-refractivity contribution in [2.75, 3.05) is 39.8 Å². The van der Waals surface area contributed by atoms with E-state index in [0.29, 0.717) is 11.8 Å². The number of rotatable bonds is 2. The van der Waals surface area contributed by atoms with Gasteiger partial charge in [0.25, 0.3) is 0 Å². The van der Waals surface area contributed by atoms with Crippen molar-refractivity contribution in [3.05, 3.63) is 0 Å². The molecule has 108 valence electrons. The van der Waals surface area contributed by atoms with E-state index in [2.05, 4.69) is 16.8 Å². The normalized spacial score (nSPS) is 50.8. The molecule has 0 amide bonds. The van der Waals surface area contributed by atoms with E-state index in [0.717, 1.165) is 44.6 Å². The molecule has 3 saturated carbocycles. The summed E-state index contributed by atoms with van der Waals surface area (Å²) in [5.74, 6) is 3.04. The first-order valence-electron chi connectivity index (χ1n) is 8.28. The van der Waals surface area contributed by atoms with Crippen LogP contribution < -0.4 is 0 Å². The Morgan fingerprint density at radius 3 is 2.63 bits per heavy atom. The molecule has 4 rings (SSSR count). The van der Waals surface area contributed by atoms with E-state index in [1.165, 1.54) is 32.1 Å².